The molecule has 0 aliphatic carbocycles. The number of carbonyl (C=O) groups excluding carboxylic acids is 1. The molecular formula is C24H25N7O4S. The van der Waals surface area contributed by atoms with Crippen molar-refractivity contribution < 1.29 is 13.2 Å². The van der Waals surface area contributed by atoms with Crippen molar-refractivity contribution in [3.05, 3.63) is 70.5 Å². The molecule has 12 heteroatoms. The van der Waals surface area contributed by atoms with Gasteiger partial charge in [-0.3, -0.25) is 14.7 Å². The van der Waals surface area contributed by atoms with Crippen LogP contribution in [0.5, 0.6) is 0 Å². The molecule has 0 bridgehead atoms. The summed E-state index contributed by atoms with van der Waals surface area (Å²) < 4.78 is 28.6. The second-order valence-electron chi connectivity index (χ2n) is 9.20. The number of hydrogen-bond donors (Lipinski definition) is 2. The number of H-pyrrole nitrogens is 2. The molecular weight excluding hydrogens is 482 g/mol. The molecule has 186 valence electrons. The Bertz CT molecular complexity index is 1590. The first kappa shape index (κ1) is 22.7. The average molecular weight is 508 g/mol. The highest BCUT2D eigenvalue weighted by molar-refractivity contribution is 7.89. The van der Waals surface area contributed by atoms with Crippen LogP contribution in [0.4, 0.5) is 0 Å². The largest absolute Gasteiger partial charge is 0.337 e. The lowest BCUT2D eigenvalue weighted by atomic mass is 9.96. The Morgan fingerprint density at radius 2 is 1.97 bits per heavy atom. The van der Waals surface area contributed by atoms with Crippen molar-refractivity contribution in [2.75, 3.05) is 19.6 Å². The number of amides is 1. The summed E-state index contributed by atoms with van der Waals surface area (Å²) in [6.45, 7) is 1.06. The van der Waals surface area contributed by atoms with E-state index in [0.29, 0.717) is 49.3 Å². The lowest BCUT2D eigenvalue weighted by Crippen LogP contribution is -2.48. The van der Waals surface area contributed by atoms with E-state index in [4.69, 9.17) is 4.98 Å². The minimum atomic E-state index is -3.74. The van der Waals surface area contributed by atoms with Gasteiger partial charge in [0.25, 0.3) is 15.6 Å². The topological polar surface area (TPSA) is 137 Å². The number of nitrogens with zero attached hydrogens (tertiary/aromatic N) is 5. The fourth-order valence-corrected chi connectivity index (χ4v) is 6.50. The van der Waals surface area contributed by atoms with Gasteiger partial charge >= 0.3 is 0 Å². The fourth-order valence-electron chi connectivity index (χ4n) is 5.08. The maximum Gasteiger partial charge on any atom is 0.277 e. The zero-order chi connectivity index (χ0) is 24.9. The molecule has 1 amide bonds. The molecule has 2 N–H and O–H groups in total. The number of fused-ring (bicyclic) bond motifs is 2. The predicted molar refractivity (Wildman–Crippen MR) is 130 cm³/mol. The standard InChI is InChI=1S/C24H25N7O4S/c32-23(17-7-4-9-30(13-17)36(34,35)22-12-25-15-26-22)29-10-8-19-18(14-29)24(33)31-21(27-19)11-20(28-31)16-5-2-1-3-6-16/h1-3,5-6,11-12,15,17,28H,4,7-10,13-14H2,(H,25,26)/t17-/m0/s1. The molecule has 0 unspecified atom stereocenters. The van der Waals surface area contributed by atoms with Crippen LogP contribution in [0.2, 0.25) is 0 Å². The second-order valence-corrected chi connectivity index (χ2v) is 11.1. The van der Waals surface area contributed by atoms with Gasteiger partial charge in [-0.25, -0.2) is 22.9 Å². The molecule has 2 aliphatic heterocycles. The highest BCUT2D eigenvalue weighted by Gasteiger charge is 2.37. The summed E-state index contributed by atoms with van der Waals surface area (Å²) in [6, 6.07) is 11.5. The van der Waals surface area contributed by atoms with Gasteiger partial charge in [-0.2, -0.15) is 4.31 Å². The number of hydrogen-bond acceptors (Lipinski definition) is 6. The third-order valence-electron chi connectivity index (χ3n) is 6.98. The van der Waals surface area contributed by atoms with Crippen LogP contribution in [-0.4, -0.2) is 67.7 Å². The van der Waals surface area contributed by atoms with Gasteiger partial charge in [0.1, 0.15) is 0 Å². The molecule has 0 radical (unpaired) electrons. The molecule has 0 saturated carbocycles. The van der Waals surface area contributed by atoms with Crippen molar-refractivity contribution in [1.29, 1.82) is 0 Å². The van der Waals surface area contributed by atoms with Crippen LogP contribution in [0.1, 0.15) is 24.1 Å². The number of nitrogens with one attached hydrogen (secondary N) is 2. The zero-order valence-corrected chi connectivity index (χ0v) is 20.2. The van der Waals surface area contributed by atoms with Crippen LogP contribution in [0.3, 0.4) is 0 Å². The molecule has 1 saturated heterocycles. The first-order chi connectivity index (χ1) is 17.4. The van der Waals surface area contributed by atoms with Crippen LogP contribution in [-0.2, 0) is 27.8 Å². The van der Waals surface area contributed by atoms with E-state index >= 15 is 0 Å². The summed E-state index contributed by atoms with van der Waals surface area (Å²) in [4.78, 5) is 39.6. The van der Waals surface area contributed by atoms with E-state index in [-0.39, 0.29) is 29.6 Å². The van der Waals surface area contributed by atoms with E-state index in [2.05, 4.69) is 15.1 Å². The lowest BCUT2D eigenvalue weighted by Gasteiger charge is -2.35. The van der Waals surface area contributed by atoms with Crippen molar-refractivity contribution in [3.63, 3.8) is 0 Å². The third-order valence-corrected chi connectivity index (χ3v) is 8.77. The molecule has 5 heterocycles. The van der Waals surface area contributed by atoms with Crippen LogP contribution < -0.4 is 5.56 Å². The molecule has 3 aromatic heterocycles. The molecule has 2 aliphatic rings. The quantitative estimate of drug-likeness (QED) is 0.429. The molecule has 6 rings (SSSR count). The van der Waals surface area contributed by atoms with Crippen LogP contribution in [0.25, 0.3) is 16.9 Å². The molecule has 4 aromatic rings. The fraction of sp³-hybridized carbons (Fsp3) is 0.333. The van der Waals surface area contributed by atoms with E-state index in [1.165, 1.54) is 21.3 Å². The number of benzene rings is 1. The van der Waals surface area contributed by atoms with E-state index < -0.39 is 15.9 Å². The number of rotatable bonds is 4. The van der Waals surface area contributed by atoms with Gasteiger partial charge < -0.3 is 9.88 Å². The van der Waals surface area contributed by atoms with Gasteiger partial charge in [0.05, 0.1) is 41.9 Å². The van der Waals surface area contributed by atoms with Gasteiger partial charge in [0, 0.05) is 32.1 Å². The average Bonchev–Trinajstić information content (AvgIpc) is 3.60. The lowest BCUT2D eigenvalue weighted by molar-refractivity contribution is -0.137. The van der Waals surface area contributed by atoms with E-state index in [1.54, 1.807) is 4.90 Å². The maximum atomic E-state index is 13.4. The Labute approximate surface area is 206 Å². The van der Waals surface area contributed by atoms with Gasteiger partial charge in [-0.05, 0) is 18.4 Å². The molecule has 11 nitrogen and oxygen atoms in total. The molecule has 0 spiro atoms. The number of aromatic amines is 2. The Kier molecular flexibility index (Phi) is 5.49. The Hall–Kier alpha value is -3.77. The Morgan fingerprint density at radius 1 is 1.14 bits per heavy atom. The monoisotopic (exact) mass is 507 g/mol. The molecule has 36 heavy (non-hydrogen) atoms. The summed E-state index contributed by atoms with van der Waals surface area (Å²) in [6.07, 6.45) is 4.25. The van der Waals surface area contributed by atoms with Crippen LogP contribution in [0.15, 0.2) is 58.7 Å². The van der Waals surface area contributed by atoms with E-state index in [9.17, 15) is 18.0 Å². The van der Waals surface area contributed by atoms with Gasteiger partial charge in [0.15, 0.2) is 10.7 Å². The highest BCUT2D eigenvalue weighted by Crippen LogP contribution is 2.26. The summed E-state index contributed by atoms with van der Waals surface area (Å²) in [5.74, 6) is -0.598. The van der Waals surface area contributed by atoms with Crippen LogP contribution >= 0.6 is 0 Å². The highest BCUT2D eigenvalue weighted by atomic mass is 32.2. The molecule has 1 atom stereocenters. The smallest absolute Gasteiger partial charge is 0.277 e. The van der Waals surface area contributed by atoms with E-state index in [1.807, 2.05) is 36.4 Å². The first-order valence-corrected chi connectivity index (χ1v) is 13.3. The van der Waals surface area contributed by atoms with Crippen molar-refractivity contribution in [1.82, 2.24) is 33.8 Å². The minimum Gasteiger partial charge on any atom is -0.337 e. The number of piperidine rings is 1. The van der Waals surface area contributed by atoms with Crippen LogP contribution in [0, 0.1) is 5.92 Å². The van der Waals surface area contributed by atoms with E-state index in [0.717, 1.165) is 11.3 Å². The summed E-state index contributed by atoms with van der Waals surface area (Å²) in [7, 11) is -3.74. The van der Waals surface area contributed by atoms with Gasteiger partial charge in [0.2, 0.25) is 5.91 Å². The van der Waals surface area contributed by atoms with Gasteiger partial charge in [-0.15, -0.1) is 0 Å². The van der Waals surface area contributed by atoms with Crippen molar-refractivity contribution in [2.45, 2.75) is 30.8 Å². The normalized spacial score (nSPS) is 18.9. The third kappa shape index (κ3) is 3.82. The zero-order valence-electron chi connectivity index (χ0n) is 19.4. The number of carbonyl (C=O) groups is 1. The number of aromatic nitrogens is 5. The Balaban J connectivity index is 1.24. The number of imidazole rings is 1. The Morgan fingerprint density at radius 3 is 2.75 bits per heavy atom. The first-order valence-electron chi connectivity index (χ1n) is 11.9. The van der Waals surface area contributed by atoms with Crippen molar-refractivity contribution in [3.8, 4) is 11.3 Å². The van der Waals surface area contributed by atoms with Gasteiger partial charge in [-0.1, -0.05) is 30.3 Å². The maximum absolute atomic E-state index is 13.4. The van der Waals surface area contributed by atoms with Crippen molar-refractivity contribution in [2.24, 2.45) is 5.92 Å². The molecule has 1 aromatic carbocycles. The number of sulfonamides is 1. The summed E-state index contributed by atoms with van der Waals surface area (Å²) in [5, 5.41) is 3.15. The second kappa shape index (κ2) is 8.71. The summed E-state index contributed by atoms with van der Waals surface area (Å²) in [5.41, 5.74) is 3.26. The van der Waals surface area contributed by atoms with Crippen molar-refractivity contribution >= 4 is 21.6 Å². The SMILES string of the molecule is O=C([C@H]1CCCN(S(=O)(=O)c2cnc[nH]2)C1)N1CCc2nc3cc(-c4ccccc4)[nH]n3c(=O)c2C1. The minimum absolute atomic E-state index is 0.0198. The predicted octanol–water partition coefficient (Wildman–Crippen LogP) is 1.40. The summed E-state index contributed by atoms with van der Waals surface area (Å²) >= 11 is 0. The molecule has 1 fully saturated rings.